The minimum atomic E-state index is 0.0665. The smallest absolute Gasteiger partial charge is 0.269 e. The average molecular weight is 384 g/mol. The minimum Gasteiger partial charge on any atom is -0.441 e. The van der Waals surface area contributed by atoms with Gasteiger partial charge < -0.3 is 14.5 Å². The van der Waals surface area contributed by atoms with Gasteiger partial charge in [0.1, 0.15) is 5.76 Å². The third-order valence-electron chi connectivity index (χ3n) is 5.53. The van der Waals surface area contributed by atoms with Gasteiger partial charge in [0.25, 0.3) is 5.70 Å². The Hall–Kier alpha value is -3.44. The van der Waals surface area contributed by atoms with Crippen molar-refractivity contribution in [1.82, 2.24) is 4.90 Å². The SMILES string of the molecule is [C-]#[N+]C(C#N)=C1C=C(C=Cc2cc3c4c(c2)CCCN4CCC3)OC(N(C)C)=C1. The lowest BCUT2D eigenvalue weighted by atomic mass is 9.90. The molecule has 0 atom stereocenters. The van der Waals surface area contributed by atoms with Gasteiger partial charge in [-0.05, 0) is 72.7 Å². The first kappa shape index (κ1) is 18.9. The van der Waals surface area contributed by atoms with Crippen molar-refractivity contribution in [2.24, 2.45) is 0 Å². The zero-order chi connectivity index (χ0) is 20.4. The van der Waals surface area contributed by atoms with Crippen LogP contribution in [-0.2, 0) is 17.6 Å². The van der Waals surface area contributed by atoms with Crippen LogP contribution >= 0.6 is 0 Å². The summed E-state index contributed by atoms with van der Waals surface area (Å²) in [5.41, 5.74) is 6.17. The first-order valence-electron chi connectivity index (χ1n) is 9.98. The summed E-state index contributed by atoms with van der Waals surface area (Å²) < 4.78 is 5.94. The van der Waals surface area contributed by atoms with Crippen LogP contribution in [0.15, 0.2) is 53.3 Å². The summed E-state index contributed by atoms with van der Waals surface area (Å²) in [5, 5.41) is 9.24. The number of ether oxygens (including phenoxy) is 1. The maximum absolute atomic E-state index is 9.24. The molecule has 0 saturated heterocycles. The van der Waals surface area contributed by atoms with E-state index in [1.54, 1.807) is 12.2 Å². The number of allylic oxidation sites excluding steroid dienone is 5. The Morgan fingerprint density at radius 2 is 1.86 bits per heavy atom. The molecular weight excluding hydrogens is 360 g/mol. The van der Waals surface area contributed by atoms with E-state index in [0.717, 1.165) is 12.8 Å². The summed E-state index contributed by atoms with van der Waals surface area (Å²) in [6, 6.07) is 6.54. The number of hydrogen-bond donors (Lipinski definition) is 0. The molecule has 0 N–H and O–H groups in total. The van der Waals surface area contributed by atoms with Crippen molar-refractivity contribution in [2.45, 2.75) is 25.7 Å². The summed E-state index contributed by atoms with van der Waals surface area (Å²) in [4.78, 5) is 7.71. The first-order chi connectivity index (χ1) is 14.1. The molecule has 3 aliphatic rings. The van der Waals surface area contributed by atoms with Gasteiger partial charge in [-0.1, -0.05) is 6.08 Å². The Morgan fingerprint density at radius 3 is 2.45 bits per heavy atom. The number of hydrogen-bond acceptors (Lipinski definition) is 4. The molecule has 5 nitrogen and oxygen atoms in total. The third-order valence-corrected chi connectivity index (χ3v) is 5.53. The van der Waals surface area contributed by atoms with Crippen molar-refractivity contribution in [3.63, 3.8) is 0 Å². The minimum absolute atomic E-state index is 0.0665. The highest BCUT2D eigenvalue weighted by molar-refractivity contribution is 5.68. The molecule has 146 valence electrons. The molecule has 0 fully saturated rings. The molecule has 0 radical (unpaired) electrons. The summed E-state index contributed by atoms with van der Waals surface area (Å²) in [6.45, 7) is 9.58. The van der Waals surface area contributed by atoms with Gasteiger partial charge in [-0.2, -0.15) is 0 Å². The number of aryl methyl sites for hydroxylation is 2. The van der Waals surface area contributed by atoms with Crippen molar-refractivity contribution in [1.29, 1.82) is 5.26 Å². The first-order valence-corrected chi connectivity index (χ1v) is 9.98. The fourth-order valence-electron chi connectivity index (χ4n) is 4.21. The average Bonchev–Trinajstić information content (AvgIpc) is 2.73. The fraction of sp³-hybridized carbons (Fsp3) is 0.333. The molecule has 0 saturated carbocycles. The molecule has 5 heteroatoms. The van der Waals surface area contributed by atoms with E-state index in [9.17, 15) is 5.26 Å². The molecule has 0 amide bonds. The molecule has 0 bridgehead atoms. The van der Waals surface area contributed by atoms with Crippen molar-refractivity contribution in [3.8, 4) is 6.07 Å². The van der Waals surface area contributed by atoms with Gasteiger partial charge >= 0.3 is 0 Å². The van der Waals surface area contributed by atoms with Gasteiger partial charge in [0.15, 0.2) is 5.88 Å². The Kier molecular flexibility index (Phi) is 5.14. The monoisotopic (exact) mass is 384 g/mol. The van der Waals surface area contributed by atoms with E-state index in [1.165, 1.54) is 48.3 Å². The number of anilines is 1. The summed E-state index contributed by atoms with van der Waals surface area (Å²) in [7, 11) is 3.75. The van der Waals surface area contributed by atoms with Crippen molar-refractivity contribution < 1.29 is 4.74 Å². The number of rotatable bonds is 3. The molecule has 0 unspecified atom stereocenters. The van der Waals surface area contributed by atoms with Crippen molar-refractivity contribution >= 4 is 11.8 Å². The predicted octanol–water partition coefficient (Wildman–Crippen LogP) is 4.41. The lowest BCUT2D eigenvalue weighted by Crippen LogP contribution is -2.34. The largest absolute Gasteiger partial charge is 0.441 e. The maximum Gasteiger partial charge on any atom is 0.269 e. The van der Waals surface area contributed by atoms with Gasteiger partial charge in [0, 0.05) is 38.4 Å². The van der Waals surface area contributed by atoms with Crippen LogP contribution in [0.3, 0.4) is 0 Å². The molecular formula is C24H24N4O. The summed E-state index contributed by atoms with van der Waals surface area (Å²) >= 11 is 0. The van der Waals surface area contributed by atoms with E-state index in [1.807, 2.05) is 31.1 Å². The summed E-state index contributed by atoms with van der Waals surface area (Å²) in [6.07, 6.45) is 12.2. The van der Waals surface area contributed by atoms with E-state index in [0.29, 0.717) is 17.2 Å². The van der Waals surface area contributed by atoms with E-state index in [2.05, 4.69) is 28.0 Å². The molecule has 0 aromatic heterocycles. The van der Waals surface area contributed by atoms with Crippen LogP contribution in [0, 0.1) is 17.9 Å². The molecule has 4 rings (SSSR count). The van der Waals surface area contributed by atoms with E-state index in [4.69, 9.17) is 11.3 Å². The molecule has 0 aliphatic carbocycles. The van der Waals surface area contributed by atoms with Crippen LogP contribution < -0.4 is 4.90 Å². The summed E-state index contributed by atoms with van der Waals surface area (Å²) in [5.74, 6) is 1.23. The quantitative estimate of drug-likeness (QED) is 0.572. The maximum atomic E-state index is 9.24. The number of nitrogens with zero attached hydrogens (tertiary/aromatic N) is 4. The zero-order valence-corrected chi connectivity index (χ0v) is 16.9. The van der Waals surface area contributed by atoms with E-state index in [-0.39, 0.29) is 5.70 Å². The van der Waals surface area contributed by atoms with E-state index >= 15 is 0 Å². The van der Waals surface area contributed by atoms with Crippen LogP contribution in [0.25, 0.3) is 10.9 Å². The van der Waals surface area contributed by atoms with Gasteiger partial charge in [-0.25, -0.2) is 10.1 Å². The Labute approximate surface area is 172 Å². The lowest BCUT2D eigenvalue weighted by Gasteiger charge is -2.37. The highest BCUT2D eigenvalue weighted by Gasteiger charge is 2.23. The van der Waals surface area contributed by atoms with Gasteiger partial charge in [-0.3, -0.25) is 0 Å². The number of benzene rings is 1. The second-order valence-electron chi connectivity index (χ2n) is 7.77. The Bertz CT molecular complexity index is 997. The fourth-order valence-corrected chi connectivity index (χ4v) is 4.21. The molecule has 1 aromatic rings. The molecule has 1 aromatic carbocycles. The highest BCUT2D eigenvalue weighted by atomic mass is 16.5. The van der Waals surface area contributed by atoms with E-state index < -0.39 is 0 Å². The Balaban J connectivity index is 1.66. The predicted molar refractivity (Wildman–Crippen MR) is 115 cm³/mol. The van der Waals surface area contributed by atoms with Crippen molar-refractivity contribution in [3.05, 3.63) is 81.4 Å². The lowest BCUT2D eigenvalue weighted by molar-refractivity contribution is 0.211. The third kappa shape index (κ3) is 3.77. The second-order valence-corrected chi connectivity index (χ2v) is 7.77. The molecule has 3 heterocycles. The molecule has 0 spiro atoms. The van der Waals surface area contributed by atoms with Crippen LogP contribution in [0.4, 0.5) is 5.69 Å². The van der Waals surface area contributed by atoms with Crippen LogP contribution in [-0.4, -0.2) is 32.1 Å². The zero-order valence-electron chi connectivity index (χ0n) is 16.9. The van der Waals surface area contributed by atoms with Crippen LogP contribution in [0.1, 0.15) is 29.5 Å². The molecule has 3 aliphatic heterocycles. The number of nitriles is 1. The van der Waals surface area contributed by atoms with Gasteiger partial charge in [0.2, 0.25) is 0 Å². The molecule has 29 heavy (non-hydrogen) atoms. The van der Waals surface area contributed by atoms with Crippen molar-refractivity contribution in [2.75, 3.05) is 32.1 Å². The van der Waals surface area contributed by atoms with Crippen LogP contribution in [0.5, 0.6) is 0 Å². The Morgan fingerprint density at radius 1 is 1.17 bits per heavy atom. The topological polar surface area (TPSA) is 43.9 Å². The standard InChI is InChI=1S/C24H24N4O/c1-26-22(16-25)20-14-21(29-23(15-20)27(2)3)9-8-17-12-18-6-4-10-28-11-5-7-19(13-17)24(18)28/h8-9,12-15H,4-7,10-11H2,2-3H3. The van der Waals surface area contributed by atoms with Gasteiger partial charge in [0.05, 0.1) is 12.6 Å². The highest BCUT2D eigenvalue weighted by Crippen LogP contribution is 2.36. The van der Waals surface area contributed by atoms with Crippen LogP contribution in [0.2, 0.25) is 0 Å². The normalized spacial score (nSPS) is 19.4. The van der Waals surface area contributed by atoms with Gasteiger partial charge in [-0.15, -0.1) is 0 Å². The second kappa shape index (κ2) is 7.89.